The molecule has 78 valence electrons. The van der Waals surface area contributed by atoms with Crippen LogP contribution >= 0.6 is 12.2 Å². The van der Waals surface area contributed by atoms with Crippen molar-refractivity contribution in [3.63, 3.8) is 0 Å². The monoisotopic (exact) mass is 222 g/mol. The van der Waals surface area contributed by atoms with Gasteiger partial charge in [-0.3, -0.25) is 9.89 Å². The summed E-state index contributed by atoms with van der Waals surface area (Å²) in [6.45, 7) is 2.63. The molecule has 2 rings (SSSR count). The average Bonchev–Trinajstić information content (AvgIpc) is 2.60. The molecule has 0 unspecified atom stereocenters. The summed E-state index contributed by atoms with van der Waals surface area (Å²) in [5.74, 6) is 0.573. The Balaban J connectivity index is 2.70. The van der Waals surface area contributed by atoms with E-state index in [0.29, 0.717) is 22.7 Å². The topological polar surface area (TPSA) is 66.5 Å². The van der Waals surface area contributed by atoms with Gasteiger partial charge in [0.2, 0.25) is 0 Å². The van der Waals surface area contributed by atoms with Crippen LogP contribution in [0.25, 0.3) is 11.4 Å². The Morgan fingerprint density at radius 1 is 1.60 bits per heavy atom. The van der Waals surface area contributed by atoms with E-state index in [1.54, 1.807) is 17.0 Å². The van der Waals surface area contributed by atoms with E-state index >= 15 is 0 Å². The van der Waals surface area contributed by atoms with Gasteiger partial charge in [-0.2, -0.15) is 5.10 Å². The van der Waals surface area contributed by atoms with Crippen LogP contribution in [0.2, 0.25) is 0 Å². The second-order valence-electron chi connectivity index (χ2n) is 3.02. The first-order valence-electron chi connectivity index (χ1n) is 4.56. The number of hydrogen-bond acceptors (Lipinski definition) is 3. The van der Waals surface area contributed by atoms with Crippen molar-refractivity contribution in [2.24, 2.45) is 0 Å². The highest BCUT2D eigenvalue weighted by molar-refractivity contribution is 7.71. The Morgan fingerprint density at radius 3 is 3.07 bits per heavy atom. The van der Waals surface area contributed by atoms with E-state index < -0.39 is 0 Å². The zero-order chi connectivity index (χ0) is 10.8. The second-order valence-corrected chi connectivity index (χ2v) is 3.41. The quantitative estimate of drug-likeness (QED) is 0.753. The van der Waals surface area contributed by atoms with Crippen LogP contribution in [0.3, 0.4) is 0 Å². The van der Waals surface area contributed by atoms with Gasteiger partial charge < -0.3 is 9.55 Å². The minimum Gasteiger partial charge on any atom is -0.367 e. The number of aromatic nitrogens is 4. The Bertz CT molecular complexity index is 580. The van der Waals surface area contributed by atoms with Gasteiger partial charge in [0.05, 0.1) is 5.56 Å². The molecule has 0 radical (unpaired) electrons. The predicted octanol–water partition coefficient (Wildman–Crippen LogP) is 1.32. The Labute approximate surface area is 90.8 Å². The fraction of sp³-hybridized carbons (Fsp3) is 0.222. The Kier molecular flexibility index (Phi) is 2.51. The van der Waals surface area contributed by atoms with Gasteiger partial charge in [0.25, 0.3) is 0 Å². The summed E-state index contributed by atoms with van der Waals surface area (Å²) in [6, 6.07) is 1.47. The number of nitrogens with zero attached hydrogens (tertiary/aromatic N) is 2. The van der Waals surface area contributed by atoms with Crippen LogP contribution in [0.4, 0.5) is 0 Å². The Hall–Kier alpha value is -1.69. The third-order valence-corrected chi connectivity index (χ3v) is 2.45. The van der Waals surface area contributed by atoms with Crippen LogP contribution < -0.4 is 5.43 Å². The first kappa shape index (κ1) is 9.85. The van der Waals surface area contributed by atoms with Crippen molar-refractivity contribution in [2.75, 3.05) is 0 Å². The molecule has 2 aromatic heterocycles. The zero-order valence-corrected chi connectivity index (χ0v) is 8.97. The molecule has 0 fully saturated rings. The second kappa shape index (κ2) is 3.82. The highest BCUT2D eigenvalue weighted by Gasteiger charge is 2.09. The van der Waals surface area contributed by atoms with Crippen LogP contribution in [0, 0.1) is 4.77 Å². The lowest BCUT2D eigenvalue weighted by Gasteiger charge is -2.01. The fourth-order valence-corrected chi connectivity index (χ4v) is 1.67. The van der Waals surface area contributed by atoms with Crippen molar-refractivity contribution < 1.29 is 0 Å². The third kappa shape index (κ3) is 1.63. The van der Waals surface area contributed by atoms with Gasteiger partial charge in [-0.1, -0.05) is 0 Å². The Morgan fingerprint density at radius 2 is 2.40 bits per heavy atom. The van der Waals surface area contributed by atoms with Crippen LogP contribution in [0.5, 0.6) is 0 Å². The van der Waals surface area contributed by atoms with E-state index in [-0.39, 0.29) is 5.43 Å². The van der Waals surface area contributed by atoms with Crippen molar-refractivity contribution in [3.8, 4) is 11.4 Å². The molecule has 0 spiro atoms. The molecular weight excluding hydrogens is 212 g/mol. The van der Waals surface area contributed by atoms with E-state index in [9.17, 15) is 4.79 Å². The van der Waals surface area contributed by atoms with E-state index in [2.05, 4.69) is 15.2 Å². The van der Waals surface area contributed by atoms with Crippen molar-refractivity contribution in [1.29, 1.82) is 0 Å². The molecule has 0 aliphatic rings. The maximum atomic E-state index is 11.6. The lowest BCUT2D eigenvalue weighted by atomic mass is 10.2. The smallest absolute Gasteiger partial charge is 0.195 e. The van der Waals surface area contributed by atoms with Gasteiger partial charge in [0.1, 0.15) is 0 Å². The van der Waals surface area contributed by atoms with Crippen LogP contribution in [0.15, 0.2) is 23.3 Å². The first-order valence-corrected chi connectivity index (χ1v) is 4.97. The minimum atomic E-state index is -0.0718. The van der Waals surface area contributed by atoms with Gasteiger partial charge in [-0.25, -0.2) is 0 Å². The molecule has 0 aliphatic carbocycles. The van der Waals surface area contributed by atoms with Crippen molar-refractivity contribution in [3.05, 3.63) is 33.5 Å². The van der Waals surface area contributed by atoms with E-state index in [1.165, 1.54) is 6.07 Å². The number of pyridine rings is 1. The molecule has 0 aromatic carbocycles. The van der Waals surface area contributed by atoms with Crippen LogP contribution in [0.1, 0.15) is 6.92 Å². The normalized spacial score (nSPS) is 10.5. The molecule has 15 heavy (non-hydrogen) atoms. The maximum absolute atomic E-state index is 11.6. The van der Waals surface area contributed by atoms with Crippen LogP contribution in [-0.4, -0.2) is 19.7 Å². The number of H-pyrrole nitrogens is 2. The summed E-state index contributed by atoms with van der Waals surface area (Å²) >= 11 is 5.05. The van der Waals surface area contributed by atoms with Crippen molar-refractivity contribution >= 4 is 12.2 Å². The van der Waals surface area contributed by atoms with Crippen molar-refractivity contribution in [2.45, 2.75) is 13.5 Å². The lowest BCUT2D eigenvalue weighted by molar-refractivity contribution is 0.755. The molecule has 0 bridgehead atoms. The van der Waals surface area contributed by atoms with Crippen molar-refractivity contribution in [1.82, 2.24) is 19.7 Å². The summed E-state index contributed by atoms with van der Waals surface area (Å²) in [7, 11) is 0. The number of nitrogens with one attached hydrogen (secondary N) is 2. The summed E-state index contributed by atoms with van der Waals surface area (Å²) in [6.07, 6.45) is 3.21. The summed E-state index contributed by atoms with van der Waals surface area (Å²) in [5, 5.41) is 6.72. The molecule has 0 saturated heterocycles. The third-order valence-electron chi connectivity index (χ3n) is 2.14. The lowest BCUT2D eigenvalue weighted by Crippen LogP contribution is -2.07. The fourth-order valence-electron chi connectivity index (χ4n) is 1.41. The first-order chi connectivity index (χ1) is 7.24. The molecule has 2 heterocycles. The molecule has 2 N–H and O–H groups in total. The molecule has 0 aliphatic heterocycles. The van der Waals surface area contributed by atoms with Gasteiger partial charge in [-0.15, -0.1) is 0 Å². The largest absolute Gasteiger partial charge is 0.367 e. The summed E-state index contributed by atoms with van der Waals surface area (Å²) < 4.78 is 2.30. The molecule has 0 saturated carbocycles. The number of rotatable bonds is 2. The predicted molar refractivity (Wildman–Crippen MR) is 59.1 cm³/mol. The SMILES string of the molecule is CCn1c(-c2c[nH]ccc2=O)n[nH]c1=S. The van der Waals surface area contributed by atoms with Gasteiger partial charge in [0, 0.05) is 25.0 Å². The van der Waals surface area contributed by atoms with Gasteiger partial charge in [-0.05, 0) is 19.1 Å². The molecule has 0 atom stereocenters. The maximum Gasteiger partial charge on any atom is 0.195 e. The number of aromatic amines is 2. The minimum absolute atomic E-state index is 0.0718. The standard InChI is InChI=1S/C9H10N4OS/c1-2-13-8(11-12-9(13)15)6-5-10-4-3-7(6)14/h3-5H,2H2,1H3,(H,10,14)(H,12,15). The molecule has 2 aromatic rings. The van der Waals surface area contributed by atoms with E-state index in [0.717, 1.165) is 0 Å². The highest BCUT2D eigenvalue weighted by atomic mass is 32.1. The number of hydrogen-bond donors (Lipinski definition) is 2. The summed E-state index contributed by atoms with van der Waals surface area (Å²) in [5.41, 5.74) is 0.448. The van der Waals surface area contributed by atoms with E-state index in [4.69, 9.17) is 12.2 Å². The molecule has 6 heteroatoms. The highest BCUT2D eigenvalue weighted by Crippen LogP contribution is 2.11. The molecular formula is C9H10N4OS. The molecule has 0 amide bonds. The van der Waals surface area contributed by atoms with Crippen LogP contribution in [-0.2, 0) is 6.54 Å². The zero-order valence-electron chi connectivity index (χ0n) is 8.15. The summed E-state index contributed by atoms with van der Waals surface area (Å²) in [4.78, 5) is 14.4. The molecule has 5 nitrogen and oxygen atoms in total. The van der Waals surface area contributed by atoms with Gasteiger partial charge >= 0.3 is 0 Å². The van der Waals surface area contributed by atoms with E-state index in [1.807, 2.05) is 6.92 Å². The van der Waals surface area contributed by atoms with Gasteiger partial charge in [0.15, 0.2) is 16.0 Å². The average molecular weight is 222 g/mol.